The van der Waals surface area contributed by atoms with E-state index in [1.807, 2.05) is 71.7 Å². The zero-order chi connectivity index (χ0) is 30.8. The number of benzene rings is 4. The summed E-state index contributed by atoms with van der Waals surface area (Å²) >= 11 is 0. The molecule has 0 saturated carbocycles. The molecule has 0 radical (unpaired) electrons. The van der Waals surface area contributed by atoms with Crippen LogP contribution in [0.2, 0.25) is 0 Å². The van der Waals surface area contributed by atoms with Crippen LogP contribution in [0.5, 0.6) is 17.2 Å². The van der Waals surface area contributed by atoms with Crippen molar-refractivity contribution < 1.29 is 27.4 Å². The van der Waals surface area contributed by atoms with Crippen LogP contribution in [0.1, 0.15) is 29.2 Å². The van der Waals surface area contributed by atoms with Gasteiger partial charge in [0.05, 0.1) is 49.9 Å². The summed E-state index contributed by atoms with van der Waals surface area (Å²) in [5.74, 6) is 1.58. The molecule has 7 nitrogen and oxygen atoms in total. The normalized spacial score (nSPS) is 14.8. The maximum Gasteiger partial charge on any atom is 0.416 e. The topological polar surface area (TPSA) is 68.2 Å². The lowest BCUT2D eigenvalue weighted by atomic mass is 9.97. The second kappa shape index (κ2) is 11.8. The number of halogens is 3. The molecule has 0 bridgehead atoms. The molecule has 0 amide bonds. The summed E-state index contributed by atoms with van der Waals surface area (Å²) in [5, 5.41) is 11.0. The predicted molar refractivity (Wildman–Crippen MR) is 165 cm³/mol. The second-order valence-corrected chi connectivity index (χ2v) is 10.2. The number of nitrogens with one attached hydrogen (secondary N) is 1. The summed E-state index contributed by atoms with van der Waals surface area (Å²) < 4.78 is 56.5. The molecule has 5 aromatic rings. The molecule has 1 aliphatic heterocycles. The molecule has 0 fully saturated rings. The Morgan fingerprint density at radius 3 is 2.25 bits per heavy atom. The minimum atomic E-state index is -4.44. The third-order valence-corrected chi connectivity index (χ3v) is 7.55. The summed E-state index contributed by atoms with van der Waals surface area (Å²) in [7, 11) is 4.72. The number of methoxy groups -OCH3 is 3. The molecule has 1 atom stereocenters. The number of hydrogen-bond acceptors (Lipinski definition) is 7. The smallest absolute Gasteiger partial charge is 0.416 e. The van der Waals surface area contributed by atoms with Crippen molar-refractivity contribution in [2.24, 2.45) is 5.10 Å². The number of rotatable bonds is 8. The number of fused-ring (bicyclic) bond motifs is 1. The number of hydrazone groups is 1. The zero-order valence-corrected chi connectivity index (χ0v) is 24.2. The summed E-state index contributed by atoms with van der Waals surface area (Å²) in [4.78, 5) is 4.17. The van der Waals surface area contributed by atoms with Crippen LogP contribution in [0.15, 0.2) is 102 Å². The first-order valence-electron chi connectivity index (χ1n) is 13.8. The van der Waals surface area contributed by atoms with Crippen LogP contribution in [0.25, 0.3) is 10.9 Å². The van der Waals surface area contributed by atoms with Gasteiger partial charge in [0.25, 0.3) is 0 Å². The highest BCUT2D eigenvalue weighted by Gasteiger charge is 2.32. The van der Waals surface area contributed by atoms with Crippen LogP contribution in [-0.2, 0) is 6.18 Å². The molecular formula is C34H29F3N4O3. The summed E-state index contributed by atoms with van der Waals surface area (Å²) in [6, 6.07) is 26.8. The number of pyridine rings is 1. The van der Waals surface area contributed by atoms with E-state index in [1.165, 1.54) is 12.3 Å². The van der Waals surface area contributed by atoms with Crippen LogP contribution in [0.3, 0.4) is 0 Å². The van der Waals surface area contributed by atoms with Crippen molar-refractivity contribution in [1.82, 2.24) is 4.98 Å². The van der Waals surface area contributed by atoms with Gasteiger partial charge in [-0.15, -0.1) is 0 Å². The lowest BCUT2D eigenvalue weighted by Gasteiger charge is -2.24. The SMILES string of the molecule is COc1cc(C2=NN(c3ccccc3)C(c3cccc(Nc4ccnc5cc(C(F)(F)F)ccc45)c3)C2)cc(OC)c1OC. The maximum absolute atomic E-state index is 13.3. The van der Waals surface area contributed by atoms with E-state index in [-0.39, 0.29) is 11.6 Å². The number of anilines is 3. The van der Waals surface area contributed by atoms with Crippen molar-refractivity contribution in [1.29, 1.82) is 0 Å². The average Bonchev–Trinajstić information content (AvgIpc) is 3.50. The summed E-state index contributed by atoms with van der Waals surface area (Å²) in [5.41, 5.74) is 4.58. The van der Waals surface area contributed by atoms with Crippen LogP contribution >= 0.6 is 0 Å². The number of ether oxygens (including phenoxy) is 3. The lowest BCUT2D eigenvalue weighted by molar-refractivity contribution is -0.137. The molecule has 1 aliphatic rings. The van der Waals surface area contributed by atoms with E-state index in [2.05, 4.69) is 10.3 Å². The molecule has 4 aromatic carbocycles. The Morgan fingerprint density at radius 1 is 0.818 bits per heavy atom. The second-order valence-electron chi connectivity index (χ2n) is 10.2. The molecule has 6 rings (SSSR count). The van der Waals surface area contributed by atoms with Crippen LogP contribution in [0.4, 0.5) is 30.2 Å². The molecule has 0 spiro atoms. The highest BCUT2D eigenvalue weighted by Crippen LogP contribution is 2.42. The summed E-state index contributed by atoms with van der Waals surface area (Å²) in [6.07, 6.45) is -2.35. The van der Waals surface area contributed by atoms with Gasteiger partial charge in [0, 0.05) is 34.9 Å². The van der Waals surface area contributed by atoms with Gasteiger partial charge < -0.3 is 19.5 Å². The van der Waals surface area contributed by atoms with Crippen molar-refractivity contribution in [2.45, 2.75) is 18.6 Å². The van der Waals surface area contributed by atoms with Crippen LogP contribution in [0, 0.1) is 0 Å². The molecule has 1 unspecified atom stereocenters. The number of nitrogens with zero attached hydrogens (tertiary/aromatic N) is 3. The van der Waals surface area contributed by atoms with E-state index in [4.69, 9.17) is 19.3 Å². The average molecular weight is 599 g/mol. The number of hydrogen-bond donors (Lipinski definition) is 1. The minimum absolute atomic E-state index is 0.142. The molecule has 1 N–H and O–H groups in total. The van der Waals surface area contributed by atoms with E-state index in [0.29, 0.717) is 34.7 Å². The third kappa shape index (κ3) is 5.58. The molecule has 0 aliphatic carbocycles. The lowest BCUT2D eigenvalue weighted by Crippen LogP contribution is -2.18. The zero-order valence-electron chi connectivity index (χ0n) is 24.2. The quantitative estimate of drug-likeness (QED) is 0.194. The Labute approximate surface area is 252 Å². The first-order valence-corrected chi connectivity index (χ1v) is 13.8. The van der Waals surface area contributed by atoms with E-state index in [1.54, 1.807) is 27.4 Å². The minimum Gasteiger partial charge on any atom is -0.493 e. The van der Waals surface area contributed by atoms with Gasteiger partial charge in [-0.25, -0.2) is 0 Å². The maximum atomic E-state index is 13.3. The van der Waals surface area contributed by atoms with Gasteiger partial charge in [-0.3, -0.25) is 9.99 Å². The van der Waals surface area contributed by atoms with Crippen LogP contribution in [-0.4, -0.2) is 32.0 Å². The van der Waals surface area contributed by atoms with Crippen molar-refractivity contribution in [2.75, 3.05) is 31.7 Å². The Morgan fingerprint density at radius 2 is 1.57 bits per heavy atom. The highest BCUT2D eigenvalue weighted by atomic mass is 19.4. The molecule has 1 aromatic heterocycles. The van der Waals surface area contributed by atoms with Crippen molar-refractivity contribution in [3.63, 3.8) is 0 Å². The Hall–Kier alpha value is -5.25. The third-order valence-electron chi connectivity index (χ3n) is 7.55. The molecule has 2 heterocycles. The van der Waals surface area contributed by atoms with E-state index < -0.39 is 11.7 Å². The number of aromatic nitrogens is 1. The summed E-state index contributed by atoms with van der Waals surface area (Å²) in [6.45, 7) is 0. The Balaban J connectivity index is 1.35. The van der Waals surface area contributed by atoms with Crippen molar-refractivity contribution in [3.05, 3.63) is 114 Å². The van der Waals surface area contributed by atoms with Crippen LogP contribution < -0.4 is 24.5 Å². The van der Waals surface area contributed by atoms with Crippen molar-refractivity contribution >= 4 is 33.7 Å². The first kappa shape index (κ1) is 28.9. The number of para-hydroxylation sites is 1. The van der Waals surface area contributed by atoms with Gasteiger partial charge in [-0.1, -0.05) is 36.4 Å². The van der Waals surface area contributed by atoms with Gasteiger partial charge in [-0.2, -0.15) is 18.3 Å². The largest absolute Gasteiger partial charge is 0.493 e. The van der Waals surface area contributed by atoms with Gasteiger partial charge in [0.15, 0.2) is 11.5 Å². The predicted octanol–water partition coefficient (Wildman–Crippen LogP) is 8.38. The Bertz CT molecular complexity index is 1820. The van der Waals surface area contributed by atoms with E-state index in [9.17, 15) is 13.2 Å². The van der Waals surface area contributed by atoms with Gasteiger partial charge in [0.2, 0.25) is 5.75 Å². The van der Waals surface area contributed by atoms with Crippen molar-refractivity contribution in [3.8, 4) is 17.2 Å². The fourth-order valence-electron chi connectivity index (χ4n) is 5.42. The molecule has 10 heteroatoms. The molecule has 0 saturated heterocycles. The van der Waals surface area contributed by atoms with Gasteiger partial charge in [0.1, 0.15) is 0 Å². The molecule has 44 heavy (non-hydrogen) atoms. The van der Waals surface area contributed by atoms with E-state index >= 15 is 0 Å². The molecular weight excluding hydrogens is 569 g/mol. The fraction of sp³-hybridized carbons (Fsp3) is 0.176. The Kier molecular flexibility index (Phi) is 7.73. The van der Waals surface area contributed by atoms with Gasteiger partial charge in [-0.05, 0) is 60.2 Å². The van der Waals surface area contributed by atoms with Gasteiger partial charge >= 0.3 is 6.18 Å². The first-order chi connectivity index (χ1) is 21.3. The molecule has 224 valence electrons. The highest BCUT2D eigenvalue weighted by molar-refractivity contribution is 6.04. The monoisotopic (exact) mass is 598 g/mol. The standard InChI is InChI=1S/C34H29F3N4O3/c1-42-31-17-22(18-32(43-2)33(31)44-3)28-20-30(41(40-28)25-10-5-4-6-11-25)21-8-7-9-24(16-21)39-27-14-15-38-29-19-23(34(35,36)37)12-13-26(27)29/h4-19,30H,20H2,1-3H3,(H,38,39). The fourth-order valence-corrected chi connectivity index (χ4v) is 5.42. The number of alkyl halides is 3. The van der Waals surface area contributed by atoms with E-state index in [0.717, 1.165) is 40.3 Å².